The van der Waals surface area contributed by atoms with E-state index in [4.69, 9.17) is 0 Å². The largest absolute Gasteiger partial charge is 0.207 e. The van der Waals surface area contributed by atoms with Crippen molar-refractivity contribution in [3.05, 3.63) is 101 Å². The summed E-state index contributed by atoms with van der Waals surface area (Å²) in [4.78, 5) is 0. The van der Waals surface area contributed by atoms with Crippen LogP contribution in [0.25, 0.3) is 17.2 Å². The molecule has 0 amide bonds. The molecule has 0 saturated carbocycles. The Morgan fingerprint density at radius 2 is 1.24 bits per heavy atom. The number of rotatable bonds is 2. The molecule has 0 N–H and O–H groups in total. The number of hydrogen-bond acceptors (Lipinski definition) is 0. The average molecular weight is 336 g/mol. The third kappa shape index (κ3) is 2.39. The van der Waals surface area contributed by atoms with E-state index in [0.717, 1.165) is 22.3 Å². The molecule has 4 rings (SSSR count). The molecule has 0 heterocycles. The minimum Gasteiger partial charge on any atom is -0.207 e. The topological polar surface area (TPSA) is 0 Å². The molecule has 124 valence electrons. The Morgan fingerprint density at radius 3 is 1.76 bits per heavy atom. The molecule has 0 aliphatic heterocycles. The molecule has 0 aromatic heterocycles. The van der Waals surface area contributed by atoms with Crippen LogP contribution in [0.5, 0.6) is 0 Å². The van der Waals surface area contributed by atoms with Gasteiger partial charge in [0.25, 0.3) is 0 Å². The van der Waals surface area contributed by atoms with Crippen LogP contribution < -0.4 is 0 Å². The quantitative estimate of drug-likeness (QED) is 0.530. The highest BCUT2D eigenvalue weighted by Crippen LogP contribution is 2.49. The summed E-state index contributed by atoms with van der Waals surface area (Å²) in [6, 6.07) is 17.4. The molecule has 1 aliphatic carbocycles. The molecule has 25 heavy (non-hydrogen) atoms. The zero-order valence-corrected chi connectivity index (χ0v) is 13.6. The van der Waals surface area contributed by atoms with Gasteiger partial charge in [0.1, 0.15) is 17.5 Å². The minimum absolute atomic E-state index is 0.232. The minimum atomic E-state index is -0.921. The highest BCUT2D eigenvalue weighted by atomic mass is 19.1. The zero-order valence-electron chi connectivity index (χ0n) is 13.6. The average Bonchev–Trinajstić information content (AvgIpc) is 2.85. The van der Waals surface area contributed by atoms with E-state index in [9.17, 15) is 13.2 Å². The fourth-order valence-electron chi connectivity index (χ4n) is 3.63. The van der Waals surface area contributed by atoms with E-state index < -0.39 is 22.9 Å². The van der Waals surface area contributed by atoms with Crippen molar-refractivity contribution in [1.82, 2.24) is 0 Å². The van der Waals surface area contributed by atoms with Gasteiger partial charge in [-0.2, -0.15) is 0 Å². The monoisotopic (exact) mass is 336 g/mol. The molecule has 0 nitrogen and oxygen atoms in total. The summed E-state index contributed by atoms with van der Waals surface area (Å²) in [5, 5.41) is 0. The van der Waals surface area contributed by atoms with E-state index in [1.54, 1.807) is 6.08 Å². The van der Waals surface area contributed by atoms with Gasteiger partial charge in [-0.15, -0.1) is 0 Å². The lowest BCUT2D eigenvalue weighted by molar-refractivity contribution is 0.540. The second kappa shape index (κ2) is 5.62. The van der Waals surface area contributed by atoms with E-state index in [1.165, 1.54) is 6.08 Å². The van der Waals surface area contributed by atoms with E-state index >= 15 is 0 Å². The van der Waals surface area contributed by atoms with Crippen molar-refractivity contribution >= 4 is 6.08 Å². The van der Waals surface area contributed by atoms with Gasteiger partial charge >= 0.3 is 0 Å². The highest BCUT2D eigenvalue weighted by molar-refractivity contribution is 5.82. The third-order valence-corrected chi connectivity index (χ3v) is 4.89. The summed E-state index contributed by atoms with van der Waals surface area (Å²) in [5.41, 5.74) is 3.64. The van der Waals surface area contributed by atoms with Crippen LogP contribution in [0.4, 0.5) is 13.2 Å². The van der Waals surface area contributed by atoms with Crippen molar-refractivity contribution in [1.29, 1.82) is 0 Å². The molecule has 0 bridgehead atoms. The van der Waals surface area contributed by atoms with Crippen molar-refractivity contribution in [3.63, 3.8) is 0 Å². The molecule has 0 unspecified atom stereocenters. The second-order valence-corrected chi connectivity index (χ2v) is 6.41. The smallest absolute Gasteiger partial charge is 0.136 e. The molecule has 3 aromatic rings. The van der Waals surface area contributed by atoms with Gasteiger partial charge in [0.15, 0.2) is 0 Å². The lowest BCUT2D eigenvalue weighted by atomic mass is 9.79. The third-order valence-electron chi connectivity index (χ3n) is 4.89. The fraction of sp³-hybridized carbons (Fsp3) is 0.0909. The van der Waals surface area contributed by atoms with Crippen molar-refractivity contribution < 1.29 is 13.2 Å². The number of fused-ring (bicyclic) bond motifs is 3. The lowest BCUT2D eigenvalue weighted by Gasteiger charge is -2.23. The molecule has 0 radical (unpaired) electrons. The maximum atomic E-state index is 14.0. The van der Waals surface area contributed by atoms with Crippen LogP contribution in [-0.4, -0.2) is 0 Å². The molecule has 0 atom stereocenters. The predicted octanol–water partition coefficient (Wildman–Crippen LogP) is 6.10. The fourth-order valence-corrected chi connectivity index (χ4v) is 3.63. The molecule has 3 aromatic carbocycles. The second-order valence-electron chi connectivity index (χ2n) is 6.41. The summed E-state index contributed by atoms with van der Waals surface area (Å²) in [6.07, 6.45) is 3.19. The summed E-state index contributed by atoms with van der Waals surface area (Å²) < 4.78 is 41.1. The first kappa shape index (κ1) is 15.7. The van der Waals surface area contributed by atoms with Crippen LogP contribution in [0.15, 0.2) is 66.7 Å². The number of allylic oxidation sites excluding steroid dienone is 1. The van der Waals surface area contributed by atoms with E-state index in [0.29, 0.717) is 12.1 Å². The van der Waals surface area contributed by atoms with Crippen LogP contribution in [0.3, 0.4) is 0 Å². The van der Waals surface area contributed by atoms with Crippen LogP contribution in [0, 0.1) is 17.5 Å². The van der Waals surface area contributed by atoms with E-state index in [1.807, 2.05) is 55.5 Å². The molecule has 3 heteroatoms. The molecular weight excluding hydrogens is 321 g/mol. The molecular formula is C22H15F3. The zero-order chi connectivity index (χ0) is 17.6. The Bertz CT molecular complexity index is 933. The Kier molecular flexibility index (Phi) is 3.53. The first-order valence-electron chi connectivity index (χ1n) is 8.04. The van der Waals surface area contributed by atoms with Crippen LogP contribution in [0.1, 0.15) is 23.6 Å². The number of halogens is 3. The first-order chi connectivity index (χ1) is 12.0. The van der Waals surface area contributed by atoms with Gasteiger partial charge < -0.3 is 0 Å². The summed E-state index contributed by atoms with van der Waals surface area (Å²) in [7, 11) is 0. The standard InChI is InChI=1S/C22H15F3/c1-22(11-10-17-20(24)12-14(23)13-21(17)25)18-8-4-2-6-15(18)16-7-3-5-9-19(16)22/h2-13H,1H3/b11-10+. The molecule has 0 fully saturated rings. The molecule has 0 spiro atoms. The van der Waals surface area contributed by atoms with Crippen LogP contribution in [-0.2, 0) is 5.41 Å². The van der Waals surface area contributed by atoms with Crippen molar-refractivity contribution in [3.8, 4) is 11.1 Å². The molecule has 0 saturated heterocycles. The highest BCUT2D eigenvalue weighted by Gasteiger charge is 2.36. The van der Waals surface area contributed by atoms with Gasteiger partial charge in [-0.3, -0.25) is 0 Å². The SMILES string of the molecule is CC1(/C=C/c2c(F)cc(F)cc2F)c2ccccc2-c2ccccc21. The van der Waals surface area contributed by atoms with E-state index in [-0.39, 0.29) is 5.56 Å². The van der Waals surface area contributed by atoms with Gasteiger partial charge in [-0.1, -0.05) is 60.7 Å². The Balaban J connectivity index is 1.88. The first-order valence-corrected chi connectivity index (χ1v) is 8.04. The van der Waals surface area contributed by atoms with Gasteiger partial charge in [-0.05, 0) is 29.2 Å². The van der Waals surface area contributed by atoms with Gasteiger partial charge in [-0.25, -0.2) is 13.2 Å². The summed E-state index contributed by atoms with van der Waals surface area (Å²) in [6.45, 7) is 2.02. The normalized spacial score (nSPS) is 14.6. The predicted molar refractivity (Wildman–Crippen MR) is 93.7 cm³/mol. The van der Waals surface area contributed by atoms with Gasteiger partial charge in [0, 0.05) is 23.1 Å². The molecule has 1 aliphatic rings. The Morgan fingerprint density at radius 1 is 0.760 bits per heavy atom. The van der Waals surface area contributed by atoms with Crippen molar-refractivity contribution in [2.75, 3.05) is 0 Å². The summed E-state index contributed by atoms with van der Waals surface area (Å²) >= 11 is 0. The van der Waals surface area contributed by atoms with Crippen molar-refractivity contribution in [2.24, 2.45) is 0 Å². The van der Waals surface area contributed by atoms with E-state index in [2.05, 4.69) is 0 Å². The van der Waals surface area contributed by atoms with Crippen molar-refractivity contribution in [2.45, 2.75) is 12.3 Å². The lowest BCUT2D eigenvalue weighted by Crippen LogP contribution is -2.17. The van der Waals surface area contributed by atoms with Gasteiger partial charge in [0.05, 0.1) is 0 Å². The van der Waals surface area contributed by atoms with Crippen LogP contribution in [0.2, 0.25) is 0 Å². The van der Waals surface area contributed by atoms with Crippen LogP contribution >= 0.6 is 0 Å². The Hall–Kier alpha value is -2.81. The Labute approximate surface area is 144 Å². The number of hydrogen-bond donors (Lipinski definition) is 0. The van der Waals surface area contributed by atoms with Gasteiger partial charge in [0.2, 0.25) is 0 Å². The maximum absolute atomic E-state index is 14.0. The number of benzene rings is 3. The maximum Gasteiger partial charge on any atom is 0.136 e. The summed E-state index contributed by atoms with van der Waals surface area (Å²) in [5.74, 6) is -2.73.